The molecule has 19 heavy (non-hydrogen) atoms. The number of aromatic amines is 1. The van der Waals surface area contributed by atoms with Crippen LogP contribution in [0.5, 0.6) is 0 Å². The first-order valence-electron chi connectivity index (χ1n) is 6.54. The average Bonchev–Trinajstić information content (AvgIpc) is 2.89. The van der Waals surface area contributed by atoms with Crippen molar-refractivity contribution in [2.24, 2.45) is 5.73 Å². The molecule has 0 amide bonds. The van der Waals surface area contributed by atoms with Gasteiger partial charge in [-0.3, -0.25) is 5.10 Å². The highest BCUT2D eigenvalue weighted by Crippen LogP contribution is 2.18. The molecule has 0 saturated carbocycles. The van der Waals surface area contributed by atoms with E-state index in [1.807, 2.05) is 0 Å². The Hall–Kier alpha value is -0.960. The minimum absolute atomic E-state index is 0.138. The first kappa shape index (κ1) is 14.4. The normalized spacial score (nSPS) is 18.8. The van der Waals surface area contributed by atoms with E-state index in [-0.39, 0.29) is 11.6 Å². The number of rotatable bonds is 5. The maximum Gasteiger partial charge on any atom is 0.260 e. The largest absolute Gasteiger partial charge is 0.326 e. The molecule has 2 heterocycles. The minimum Gasteiger partial charge on any atom is -0.326 e. The molecule has 1 aromatic rings. The molecule has 0 atom stereocenters. The molecule has 0 aromatic carbocycles. The van der Waals surface area contributed by atoms with Crippen LogP contribution >= 0.6 is 0 Å². The fourth-order valence-electron chi connectivity index (χ4n) is 2.31. The standard InChI is InChI=1S/C11H21N5O2S/c1-2-3-15-4-6-16(7-5-15)19(17,18)11-10(8-12)9-13-14-11/h9H,2-8,12H2,1H3,(H,13,14). The average molecular weight is 287 g/mol. The van der Waals surface area contributed by atoms with Crippen LogP contribution in [0.15, 0.2) is 11.2 Å². The van der Waals surface area contributed by atoms with Crippen molar-refractivity contribution in [3.8, 4) is 0 Å². The lowest BCUT2D eigenvalue weighted by Gasteiger charge is -2.33. The molecule has 0 bridgehead atoms. The Morgan fingerprint density at radius 2 is 2.05 bits per heavy atom. The first-order valence-corrected chi connectivity index (χ1v) is 7.98. The third-order valence-electron chi connectivity index (χ3n) is 3.37. The number of nitrogens with zero attached hydrogens (tertiary/aromatic N) is 3. The maximum absolute atomic E-state index is 12.5. The fraction of sp³-hybridized carbons (Fsp3) is 0.727. The molecule has 1 aromatic heterocycles. The van der Waals surface area contributed by atoms with E-state index in [1.54, 1.807) is 0 Å². The fourth-order valence-corrected chi connectivity index (χ4v) is 3.84. The summed E-state index contributed by atoms with van der Waals surface area (Å²) < 4.78 is 26.5. The van der Waals surface area contributed by atoms with Crippen LogP contribution in [0, 0.1) is 0 Å². The van der Waals surface area contributed by atoms with Crippen LogP contribution in [-0.4, -0.2) is 60.5 Å². The van der Waals surface area contributed by atoms with Gasteiger partial charge in [0.05, 0.1) is 6.20 Å². The third-order valence-corrected chi connectivity index (χ3v) is 5.28. The zero-order chi connectivity index (χ0) is 13.9. The second-order valence-corrected chi connectivity index (χ2v) is 6.55. The Bertz CT molecular complexity index is 505. The number of H-pyrrole nitrogens is 1. The molecule has 3 N–H and O–H groups in total. The molecule has 1 saturated heterocycles. The Labute approximate surface area is 113 Å². The van der Waals surface area contributed by atoms with Gasteiger partial charge in [-0.15, -0.1) is 0 Å². The highest BCUT2D eigenvalue weighted by atomic mass is 32.2. The number of aromatic nitrogens is 2. The van der Waals surface area contributed by atoms with Gasteiger partial charge in [0, 0.05) is 38.3 Å². The van der Waals surface area contributed by atoms with Crippen LogP contribution in [0.3, 0.4) is 0 Å². The van der Waals surface area contributed by atoms with Crippen molar-refractivity contribution in [1.82, 2.24) is 19.4 Å². The van der Waals surface area contributed by atoms with Crippen molar-refractivity contribution in [1.29, 1.82) is 0 Å². The van der Waals surface area contributed by atoms with Crippen LogP contribution < -0.4 is 5.73 Å². The molecule has 0 unspecified atom stereocenters. The molecule has 0 aliphatic carbocycles. The summed E-state index contributed by atoms with van der Waals surface area (Å²) in [4.78, 5) is 2.28. The summed E-state index contributed by atoms with van der Waals surface area (Å²) in [6, 6.07) is 0. The monoisotopic (exact) mass is 287 g/mol. The quantitative estimate of drug-likeness (QED) is 0.767. The summed E-state index contributed by atoms with van der Waals surface area (Å²) in [6.45, 7) is 5.91. The van der Waals surface area contributed by atoms with Crippen molar-refractivity contribution < 1.29 is 8.42 Å². The Morgan fingerprint density at radius 3 is 2.63 bits per heavy atom. The van der Waals surface area contributed by atoms with E-state index >= 15 is 0 Å². The van der Waals surface area contributed by atoms with E-state index < -0.39 is 10.0 Å². The highest BCUT2D eigenvalue weighted by Gasteiger charge is 2.30. The second kappa shape index (κ2) is 6.00. The lowest BCUT2D eigenvalue weighted by molar-refractivity contribution is 0.188. The van der Waals surface area contributed by atoms with E-state index in [1.165, 1.54) is 10.5 Å². The molecule has 7 nitrogen and oxygen atoms in total. The zero-order valence-corrected chi connectivity index (χ0v) is 12.0. The second-order valence-electron chi connectivity index (χ2n) is 4.67. The predicted molar refractivity (Wildman–Crippen MR) is 72.0 cm³/mol. The molecule has 108 valence electrons. The lowest BCUT2D eigenvalue weighted by Crippen LogP contribution is -2.48. The molecule has 0 radical (unpaired) electrons. The molecule has 0 spiro atoms. The van der Waals surface area contributed by atoms with Gasteiger partial charge in [-0.05, 0) is 13.0 Å². The van der Waals surface area contributed by atoms with Crippen LogP contribution in [0.4, 0.5) is 0 Å². The van der Waals surface area contributed by atoms with Gasteiger partial charge in [0.25, 0.3) is 10.0 Å². The Morgan fingerprint density at radius 1 is 1.37 bits per heavy atom. The first-order chi connectivity index (χ1) is 9.09. The molecule has 2 rings (SSSR count). The summed E-state index contributed by atoms with van der Waals surface area (Å²) >= 11 is 0. The Kier molecular flexibility index (Phi) is 4.56. The molecular weight excluding hydrogens is 266 g/mol. The zero-order valence-electron chi connectivity index (χ0n) is 11.2. The van der Waals surface area contributed by atoms with Gasteiger partial charge in [0.15, 0.2) is 5.03 Å². The molecule has 1 aliphatic heterocycles. The van der Waals surface area contributed by atoms with Gasteiger partial charge in [0.1, 0.15) is 0 Å². The van der Waals surface area contributed by atoms with Gasteiger partial charge < -0.3 is 10.6 Å². The van der Waals surface area contributed by atoms with Crippen molar-refractivity contribution in [2.75, 3.05) is 32.7 Å². The number of hydrogen-bond donors (Lipinski definition) is 2. The van der Waals surface area contributed by atoms with Gasteiger partial charge >= 0.3 is 0 Å². The Balaban J connectivity index is 2.10. The topological polar surface area (TPSA) is 95.3 Å². The smallest absolute Gasteiger partial charge is 0.260 e. The number of nitrogens with one attached hydrogen (secondary N) is 1. The van der Waals surface area contributed by atoms with E-state index in [4.69, 9.17) is 5.73 Å². The summed E-state index contributed by atoms with van der Waals surface area (Å²) in [5.41, 5.74) is 6.07. The van der Waals surface area contributed by atoms with Crippen LogP contribution in [0.2, 0.25) is 0 Å². The molecular formula is C11H21N5O2S. The molecule has 8 heteroatoms. The third kappa shape index (κ3) is 2.97. The van der Waals surface area contributed by atoms with Gasteiger partial charge in [0.2, 0.25) is 0 Å². The van der Waals surface area contributed by atoms with E-state index in [0.29, 0.717) is 18.7 Å². The van der Waals surface area contributed by atoms with Crippen molar-refractivity contribution in [2.45, 2.75) is 24.9 Å². The number of sulfonamides is 1. The minimum atomic E-state index is -3.49. The van der Waals surface area contributed by atoms with Crippen LogP contribution in [-0.2, 0) is 16.6 Å². The maximum atomic E-state index is 12.5. The van der Waals surface area contributed by atoms with Crippen LogP contribution in [0.25, 0.3) is 0 Å². The summed E-state index contributed by atoms with van der Waals surface area (Å²) in [7, 11) is -3.49. The van der Waals surface area contributed by atoms with Crippen molar-refractivity contribution in [3.63, 3.8) is 0 Å². The van der Waals surface area contributed by atoms with Gasteiger partial charge in [-0.1, -0.05) is 6.92 Å². The lowest BCUT2D eigenvalue weighted by atomic mass is 10.3. The number of nitrogens with two attached hydrogens (primary N) is 1. The number of piperazine rings is 1. The molecule has 1 aliphatic rings. The summed E-state index contributed by atoms with van der Waals surface area (Å²) in [5, 5.41) is 6.47. The van der Waals surface area contributed by atoms with Gasteiger partial charge in [-0.2, -0.15) is 9.40 Å². The summed E-state index contributed by atoms with van der Waals surface area (Å²) in [5.74, 6) is 0. The number of hydrogen-bond acceptors (Lipinski definition) is 5. The van der Waals surface area contributed by atoms with Gasteiger partial charge in [-0.25, -0.2) is 8.42 Å². The van der Waals surface area contributed by atoms with Crippen LogP contribution in [0.1, 0.15) is 18.9 Å². The van der Waals surface area contributed by atoms with Crippen molar-refractivity contribution in [3.05, 3.63) is 11.8 Å². The van der Waals surface area contributed by atoms with E-state index in [9.17, 15) is 8.42 Å². The highest BCUT2D eigenvalue weighted by molar-refractivity contribution is 7.89. The van der Waals surface area contributed by atoms with Crippen molar-refractivity contribution >= 4 is 10.0 Å². The SMILES string of the molecule is CCCN1CCN(S(=O)(=O)c2[nH]ncc2CN)CC1. The predicted octanol–water partition coefficient (Wildman–Crippen LogP) is -0.415. The summed E-state index contributed by atoms with van der Waals surface area (Å²) in [6.07, 6.45) is 2.56. The van der Waals surface area contributed by atoms with E-state index in [0.717, 1.165) is 26.1 Å². The van der Waals surface area contributed by atoms with E-state index in [2.05, 4.69) is 22.0 Å². The molecule has 1 fully saturated rings.